The van der Waals surface area contributed by atoms with Crippen LogP contribution in [0.1, 0.15) is 11.8 Å². The molecule has 6 heteroatoms. The third-order valence-electron chi connectivity index (χ3n) is 2.10. The van der Waals surface area contributed by atoms with Crippen molar-refractivity contribution in [2.24, 2.45) is 0 Å². The third kappa shape index (κ3) is 3.67. The van der Waals surface area contributed by atoms with Gasteiger partial charge < -0.3 is 10.6 Å². The van der Waals surface area contributed by atoms with Crippen molar-refractivity contribution in [3.8, 4) is 0 Å². The normalized spacial score (nSPS) is 10.2. The fourth-order valence-electron chi connectivity index (χ4n) is 1.36. The molecule has 2 rings (SSSR count). The second-order valence-electron chi connectivity index (χ2n) is 3.38. The number of nitrogens with one attached hydrogen (secondary N) is 2. The number of nitrogens with zero attached hydrogens (tertiary/aromatic N) is 2. The molecule has 0 aliphatic carbocycles. The van der Waals surface area contributed by atoms with Crippen molar-refractivity contribution in [2.45, 2.75) is 13.5 Å². The Kier molecular flexibility index (Phi) is 4.33. The molecule has 0 atom stereocenters. The van der Waals surface area contributed by atoms with Gasteiger partial charge in [-0.2, -0.15) is 0 Å². The molecule has 0 unspecified atom stereocenters. The number of hydrogen-bond donors (Lipinski definition) is 2. The number of thiophene rings is 1. The van der Waals surface area contributed by atoms with E-state index in [9.17, 15) is 0 Å². The van der Waals surface area contributed by atoms with Gasteiger partial charge in [0.15, 0.2) is 0 Å². The van der Waals surface area contributed by atoms with E-state index in [2.05, 4.69) is 42.6 Å². The van der Waals surface area contributed by atoms with Crippen LogP contribution in [0.4, 0.5) is 11.6 Å². The molecule has 90 valence electrons. The van der Waals surface area contributed by atoms with E-state index in [1.165, 1.54) is 4.88 Å². The van der Waals surface area contributed by atoms with E-state index in [-0.39, 0.29) is 0 Å². The Morgan fingerprint density at radius 3 is 2.65 bits per heavy atom. The molecule has 4 nitrogen and oxygen atoms in total. The van der Waals surface area contributed by atoms with E-state index < -0.39 is 0 Å². The molecule has 0 radical (unpaired) electrons. The Morgan fingerprint density at radius 1 is 1.24 bits per heavy atom. The van der Waals surface area contributed by atoms with Crippen LogP contribution < -0.4 is 10.6 Å². The number of hydrogen-bond acceptors (Lipinski definition) is 5. The Labute approximate surface area is 113 Å². The molecule has 2 aromatic rings. The van der Waals surface area contributed by atoms with Crippen LogP contribution in [0, 0.1) is 0 Å². The molecule has 2 heterocycles. The summed E-state index contributed by atoms with van der Waals surface area (Å²) >= 11 is 5.16. The van der Waals surface area contributed by atoms with Crippen LogP contribution in [0.25, 0.3) is 0 Å². The van der Waals surface area contributed by atoms with Crippen LogP contribution in [-0.2, 0) is 6.54 Å². The third-order valence-corrected chi connectivity index (χ3v) is 3.72. The first kappa shape index (κ1) is 12.3. The molecular formula is C11H13BrN4S. The number of aromatic nitrogens is 2. The summed E-state index contributed by atoms with van der Waals surface area (Å²) < 4.78 is 1.14. The summed E-state index contributed by atoms with van der Waals surface area (Å²) in [6.07, 6.45) is 1.56. The maximum atomic E-state index is 4.17. The highest BCUT2D eigenvalue weighted by Crippen LogP contribution is 2.22. The van der Waals surface area contributed by atoms with E-state index >= 15 is 0 Å². The smallest absolute Gasteiger partial charge is 0.131 e. The number of halogens is 1. The van der Waals surface area contributed by atoms with Gasteiger partial charge in [-0.05, 0) is 35.0 Å². The van der Waals surface area contributed by atoms with Gasteiger partial charge in [0.2, 0.25) is 0 Å². The summed E-state index contributed by atoms with van der Waals surface area (Å²) in [7, 11) is 0. The van der Waals surface area contributed by atoms with Crippen molar-refractivity contribution in [3.05, 3.63) is 33.2 Å². The van der Waals surface area contributed by atoms with Gasteiger partial charge in [0.1, 0.15) is 18.0 Å². The van der Waals surface area contributed by atoms with E-state index in [4.69, 9.17) is 0 Å². The second kappa shape index (κ2) is 5.97. The first-order valence-electron chi connectivity index (χ1n) is 5.32. The largest absolute Gasteiger partial charge is 0.370 e. The van der Waals surface area contributed by atoms with Crippen molar-refractivity contribution >= 4 is 38.9 Å². The van der Waals surface area contributed by atoms with Gasteiger partial charge in [0.05, 0.1) is 10.3 Å². The van der Waals surface area contributed by atoms with Gasteiger partial charge in [-0.15, -0.1) is 11.3 Å². The summed E-state index contributed by atoms with van der Waals surface area (Å²) in [6.45, 7) is 3.67. The molecule has 17 heavy (non-hydrogen) atoms. The van der Waals surface area contributed by atoms with E-state index in [0.29, 0.717) is 0 Å². The lowest BCUT2D eigenvalue weighted by atomic mass is 10.4. The van der Waals surface area contributed by atoms with Crippen molar-refractivity contribution in [1.29, 1.82) is 0 Å². The minimum absolute atomic E-state index is 0.777. The predicted molar refractivity (Wildman–Crippen MR) is 75.5 cm³/mol. The average Bonchev–Trinajstić information content (AvgIpc) is 2.74. The minimum atomic E-state index is 0.777. The van der Waals surface area contributed by atoms with E-state index in [1.54, 1.807) is 17.7 Å². The highest BCUT2D eigenvalue weighted by Gasteiger charge is 2.00. The highest BCUT2D eigenvalue weighted by atomic mass is 79.9. The quantitative estimate of drug-likeness (QED) is 0.889. The maximum Gasteiger partial charge on any atom is 0.131 e. The standard InChI is InChI=1S/C11H13BrN4S/c1-2-13-10-5-11(16-7-15-10)14-6-8-3-4-9(12)17-8/h3-5,7H,2,6H2,1H3,(H2,13,14,15,16). The zero-order valence-electron chi connectivity index (χ0n) is 9.40. The Bertz CT molecular complexity index is 486. The summed E-state index contributed by atoms with van der Waals surface area (Å²) in [5, 5.41) is 6.43. The van der Waals surface area contributed by atoms with Crippen LogP contribution in [-0.4, -0.2) is 16.5 Å². The average molecular weight is 313 g/mol. The second-order valence-corrected chi connectivity index (χ2v) is 5.93. The summed E-state index contributed by atoms with van der Waals surface area (Å²) in [5.41, 5.74) is 0. The Hall–Kier alpha value is -1.14. The molecular weight excluding hydrogens is 300 g/mol. The van der Waals surface area contributed by atoms with Crippen LogP contribution >= 0.6 is 27.3 Å². The minimum Gasteiger partial charge on any atom is -0.370 e. The molecule has 0 aliphatic rings. The first-order valence-corrected chi connectivity index (χ1v) is 6.93. The van der Waals surface area contributed by atoms with Gasteiger partial charge in [0.25, 0.3) is 0 Å². The van der Waals surface area contributed by atoms with E-state index in [0.717, 1.165) is 28.5 Å². The van der Waals surface area contributed by atoms with Gasteiger partial charge in [0, 0.05) is 17.5 Å². The van der Waals surface area contributed by atoms with Crippen molar-refractivity contribution < 1.29 is 0 Å². The van der Waals surface area contributed by atoms with Crippen molar-refractivity contribution in [2.75, 3.05) is 17.2 Å². The maximum absolute atomic E-state index is 4.17. The molecule has 0 aromatic carbocycles. The summed E-state index contributed by atoms with van der Waals surface area (Å²) in [5.74, 6) is 1.68. The fraction of sp³-hybridized carbons (Fsp3) is 0.273. The van der Waals surface area contributed by atoms with Gasteiger partial charge in [-0.1, -0.05) is 0 Å². The van der Waals surface area contributed by atoms with E-state index in [1.807, 2.05) is 19.1 Å². The summed E-state index contributed by atoms with van der Waals surface area (Å²) in [4.78, 5) is 9.56. The molecule has 0 aliphatic heterocycles. The molecule has 0 amide bonds. The zero-order chi connectivity index (χ0) is 12.1. The van der Waals surface area contributed by atoms with Gasteiger partial charge in [-0.25, -0.2) is 9.97 Å². The zero-order valence-corrected chi connectivity index (χ0v) is 11.8. The lowest BCUT2D eigenvalue weighted by molar-refractivity contribution is 1.08. The number of rotatable bonds is 5. The first-order chi connectivity index (χ1) is 8.28. The van der Waals surface area contributed by atoms with Crippen LogP contribution in [0.5, 0.6) is 0 Å². The lowest BCUT2D eigenvalue weighted by Crippen LogP contribution is -2.03. The molecule has 0 bridgehead atoms. The predicted octanol–water partition coefficient (Wildman–Crippen LogP) is 3.34. The fourth-order valence-corrected chi connectivity index (χ4v) is 2.78. The van der Waals surface area contributed by atoms with Crippen LogP contribution in [0.2, 0.25) is 0 Å². The van der Waals surface area contributed by atoms with Crippen molar-refractivity contribution in [1.82, 2.24) is 9.97 Å². The number of anilines is 2. The summed E-state index contributed by atoms with van der Waals surface area (Å²) in [6, 6.07) is 6.05. The molecule has 0 saturated heterocycles. The van der Waals surface area contributed by atoms with Crippen molar-refractivity contribution in [3.63, 3.8) is 0 Å². The topological polar surface area (TPSA) is 49.8 Å². The van der Waals surface area contributed by atoms with Gasteiger partial charge in [-0.3, -0.25) is 0 Å². The molecule has 2 N–H and O–H groups in total. The SMILES string of the molecule is CCNc1cc(NCc2ccc(Br)s2)ncn1. The molecule has 0 fully saturated rings. The lowest BCUT2D eigenvalue weighted by Gasteiger charge is -2.06. The monoisotopic (exact) mass is 312 g/mol. The van der Waals surface area contributed by atoms with Crippen LogP contribution in [0.3, 0.4) is 0 Å². The highest BCUT2D eigenvalue weighted by molar-refractivity contribution is 9.11. The Balaban J connectivity index is 1.96. The van der Waals surface area contributed by atoms with Gasteiger partial charge >= 0.3 is 0 Å². The molecule has 0 saturated carbocycles. The molecule has 0 spiro atoms. The Morgan fingerprint density at radius 2 is 2.00 bits per heavy atom. The van der Waals surface area contributed by atoms with Crippen LogP contribution in [0.15, 0.2) is 28.3 Å². The molecule has 2 aromatic heterocycles.